The Balaban J connectivity index is 1.74. The van der Waals surface area contributed by atoms with Gasteiger partial charge in [0.2, 0.25) is 5.91 Å². The number of alkyl halides is 3. The van der Waals surface area contributed by atoms with E-state index in [9.17, 15) is 18.0 Å². The van der Waals surface area contributed by atoms with E-state index in [1.165, 1.54) is 0 Å². The molecule has 1 saturated carbocycles. The number of halogens is 3. The number of hydrogen-bond donors (Lipinski definition) is 2. The van der Waals surface area contributed by atoms with Gasteiger partial charge in [0.15, 0.2) is 0 Å². The summed E-state index contributed by atoms with van der Waals surface area (Å²) in [4.78, 5) is 12.0. The van der Waals surface area contributed by atoms with Crippen LogP contribution in [0.15, 0.2) is 0 Å². The van der Waals surface area contributed by atoms with Gasteiger partial charge in [-0.1, -0.05) is 0 Å². The van der Waals surface area contributed by atoms with Gasteiger partial charge in [-0.05, 0) is 45.1 Å². The number of rotatable bonds is 2. The molecule has 19 heavy (non-hydrogen) atoms. The highest BCUT2D eigenvalue weighted by atomic mass is 19.4. The van der Waals surface area contributed by atoms with Crippen LogP contribution in [0, 0.1) is 11.8 Å². The predicted molar refractivity (Wildman–Crippen MR) is 65.5 cm³/mol. The molecule has 2 aliphatic rings. The highest BCUT2D eigenvalue weighted by Gasteiger charge is 2.41. The van der Waals surface area contributed by atoms with Crippen LogP contribution in [0.3, 0.4) is 0 Å². The first kappa shape index (κ1) is 14.6. The van der Waals surface area contributed by atoms with Crippen LogP contribution in [-0.4, -0.2) is 31.2 Å². The molecular weight excluding hydrogens is 257 g/mol. The molecule has 1 atom stereocenters. The monoisotopic (exact) mass is 278 g/mol. The minimum Gasteiger partial charge on any atom is -0.353 e. The topological polar surface area (TPSA) is 41.1 Å². The van der Waals surface area contributed by atoms with Gasteiger partial charge in [-0.2, -0.15) is 13.2 Å². The summed E-state index contributed by atoms with van der Waals surface area (Å²) in [5, 5.41) is 6.08. The number of amides is 1. The summed E-state index contributed by atoms with van der Waals surface area (Å²) in [6.07, 6.45) is -1.07. The fourth-order valence-corrected chi connectivity index (χ4v) is 2.96. The van der Waals surface area contributed by atoms with E-state index in [1.807, 2.05) is 0 Å². The molecular formula is C13H21F3N2O. The van der Waals surface area contributed by atoms with E-state index >= 15 is 0 Å². The summed E-state index contributed by atoms with van der Waals surface area (Å²) >= 11 is 0. The molecule has 0 bridgehead atoms. The zero-order chi connectivity index (χ0) is 13.9. The van der Waals surface area contributed by atoms with E-state index < -0.39 is 12.1 Å². The van der Waals surface area contributed by atoms with E-state index in [0.29, 0.717) is 19.4 Å². The number of piperidine rings is 1. The zero-order valence-electron chi connectivity index (χ0n) is 10.9. The van der Waals surface area contributed by atoms with Crippen molar-refractivity contribution in [1.82, 2.24) is 10.6 Å². The molecule has 1 heterocycles. The first-order valence-corrected chi connectivity index (χ1v) is 7.04. The van der Waals surface area contributed by atoms with Gasteiger partial charge in [0, 0.05) is 12.6 Å². The SMILES string of the molecule is O=C(NC1CCC(C(F)(F)F)CC1)C1CCCNC1. The van der Waals surface area contributed by atoms with Crippen LogP contribution in [0.5, 0.6) is 0 Å². The summed E-state index contributed by atoms with van der Waals surface area (Å²) in [6.45, 7) is 1.63. The van der Waals surface area contributed by atoms with Crippen molar-refractivity contribution in [2.75, 3.05) is 13.1 Å². The first-order chi connectivity index (χ1) is 8.97. The number of hydrogen-bond acceptors (Lipinski definition) is 2. The smallest absolute Gasteiger partial charge is 0.353 e. The fraction of sp³-hybridized carbons (Fsp3) is 0.923. The average molecular weight is 278 g/mol. The molecule has 1 amide bonds. The van der Waals surface area contributed by atoms with Crippen molar-refractivity contribution in [2.45, 2.75) is 50.7 Å². The van der Waals surface area contributed by atoms with Crippen LogP contribution >= 0.6 is 0 Å². The third-order valence-electron chi connectivity index (χ3n) is 4.20. The lowest BCUT2D eigenvalue weighted by Gasteiger charge is -2.31. The van der Waals surface area contributed by atoms with E-state index in [2.05, 4.69) is 10.6 Å². The molecule has 3 nitrogen and oxygen atoms in total. The standard InChI is InChI=1S/C13H21F3N2O/c14-13(15,16)10-3-5-11(6-4-10)18-12(19)9-2-1-7-17-8-9/h9-11,17H,1-8H2,(H,18,19). The number of carbonyl (C=O) groups excluding carboxylic acids is 1. The van der Waals surface area contributed by atoms with Gasteiger partial charge in [-0.3, -0.25) is 4.79 Å². The van der Waals surface area contributed by atoms with Gasteiger partial charge in [-0.25, -0.2) is 0 Å². The van der Waals surface area contributed by atoms with E-state index in [-0.39, 0.29) is 30.7 Å². The van der Waals surface area contributed by atoms with Crippen LogP contribution in [0.4, 0.5) is 13.2 Å². The lowest BCUT2D eigenvalue weighted by atomic mass is 9.85. The zero-order valence-corrected chi connectivity index (χ0v) is 10.9. The van der Waals surface area contributed by atoms with Crippen LogP contribution in [0.1, 0.15) is 38.5 Å². The van der Waals surface area contributed by atoms with Gasteiger partial charge in [0.05, 0.1) is 11.8 Å². The molecule has 6 heteroatoms. The molecule has 2 N–H and O–H groups in total. The van der Waals surface area contributed by atoms with Crippen molar-refractivity contribution in [3.63, 3.8) is 0 Å². The van der Waals surface area contributed by atoms with Crippen molar-refractivity contribution >= 4 is 5.91 Å². The van der Waals surface area contributed by atoms with E-state index in [1.54, 1.807) is 0 Å². The summed E-state index contributed by atoms with van der Waals surface area (Å²) < 4.78 is 37.6. The molecule has 1 aliphatic heterocycles. The molecule has 0 aromatic carbocycles. The molecule has 1 unspecified atom stereocenters. The molecule has 1 saturated heterocycles. The van der Waals surface area contributed by atoms with Crippen LogP contribution in [-0.2, 0) is 4.79 Å². The quantitative estimate of drug-likeness (QED) is 0.813. The second kappa shape index (κ2) is 6.11. The van der Waals surface area contributed by atoms with Gasteiger partial charge >= 0.3 is 6.18 Å². The minimum atomic E-state index is -4.08. The maximum atomic E-state index is 12.5. The Labute approximate surface area is 111 Å². The predicted octanol–water partition coefficient (Wildman–Crippen LogP) is 2.22. The normalized spacial score (nSPS) is 32.9. The molecule has 2 rings (SSSR count). The molecule has 2 fully saturated rings. The third-order valence-corrected chi connectivity index (χ3v) is 4.20. The largest absolute Gasteiger partial charge is 0.391 e. The highest BCUT2D eigenvalue weighted by molar-refractivity contribution is 5.79. The first-order valence-electron chi connectivity index (χ1n) is 7.04. The Morgan fingerprint density at radius 3 is 2.32 bits per heavy atom. The Morgan fingerprint density at radius 2 is 1.79 bits per heavy atom. The second-order valence-electron chi connectivity index (χ2n) is 5.64. The number of nitrogens with one attached hydrogen (secondary N) is 2. The lowest BCUT2D eigenvalue weighted by Crippen LogP contribution is -2.46. The van der Waals surface area contributed by atoms with Gasteiger partial charge in [0.25, 0.3) is 0 Å². The Hall–Kier alpha value is -0.780. The summed E-state index contributed by atoms with van der Waals surface area (Å²) in [6, 6.07) is -0.0759. The Kier molecular flexibility index (Phi) is 4.71. The molecule has 0 aromatic rings. The van der Waals surface area contributed by atoms with Crippen LogP contribution < -0.4 is 10.6 Å². The molecule has 0 spiro atoms. The molecule has 110 valence electrons. The van der Waals surface area contributed by atoms with Gasteiger partial charge in [-0.15, -0.1) is 0 Å². The fourth-order valence-electron chi connectivity index (χ4n) is 2.96. The third kappa shape index (κ3) is 4.09. The lowest BCUT2D eigenvalue weighted by molar-refractivity contribution is -0.182. The molecule has 1 aliphatic carbocycles. The van der Waals surface area contributed by atoms with Crippen molar-refractivity contribution < 1.29 is 18.0 Å². The van der Waals surface area contributed by atoms with Gasteiger partial charge in [0.1, 0.15) is 0 Å². The molecule has 0 aromatic heterocycles. The van der Waals surface area contributed by atoms with Crippen LogP contribution in [0.2, 0.25) is 0 Å². The van der Waals surface area contributed by atoms with Crippen molar-refractivity contribution in [3.05, 3.63) is 0 Å². The maximum Gasteiger partial charge on any atom is 0.391 e. The minimum absolute atomic E-state index is 0.00246. The maximum absolute atomic E-state index is 12.5. The van der Waals surface area contributed by atoms with E-state index in [0.717, 1.165) is 19.4 Å². The second-order valence-corrected chi connectivity index (χ2v) is 5.64. The highest BCUT2D eigenvalue weighted by Crippen LogP contribution is 2.37. The molecule has 0 radical (unpaired) electrons. The summed E-state index contributed by atoms with van der Waals surface area (Å²) in [5.41, 5.74) is 0. The average Bonchev–Trinajstić information content (AvgIpc) is 2.39. The summed E-state index contributed by atoms with van der Waals surface area (Å²) in [7, 11) is 0. The Bertz CT molecular complexity index is 306. The summed E-state index contributed by atoms with van der Waals surface area (Å²) in [5.74, 6) is -1.20. The Morgan fingerprint density at radius 1 is 1.11 bits per heavy atom. The number of carbonyl (C=O) groups is 1. The van der Waals surface area contributed by atoms with Crippen molar-refractivity contribution in [1.29, 1.82) is 0 Å². The van der Waals surface area contributed by atoms with Crippen molar-refractivity contribution in [2.24, 2.45) is 11.8 Å². The van der Waals surface area contributed by atoms with Crippen molar-refractivity contribution in [3.8, 4) is 0 Å². The van der Waals surface area contributed by atoms with Crippen LogP contribution in [0.25, 0.3) is 0 Å². The van der Waals surface area contributed by atoms with Gasteiger partial charge < -0.3 is 10.6 Å². The van der Waals surface area contributed by atoms with E-state index in [4.69, 9.17) is 0 Å².